The number of hydrogen-bond donors (Lipinski definition) is 1. The van der Waals surface area contributed by atoms with E-state index in [4.69, 9.17) is 10.5 Å². The minimum atomic E-state index is -0.217. The molecule has 1 saturated heterocycles. The average Bonchev–Trinajstić information content (AvgIpc) is 2.18. The van der Waals surface area contributed by atoms with Crippen LogP contribution in [0.5, 0.6) is 0 Å². The van der Waals surface area contributed by atoms with Crippen molar-refractivity contribution in [2.75, 3.05) is 19.7 Å². The van der Waals surface area contributed by atoms with E-state index in [1.165, 1.54) is 0 Å². The Labute approximate surface area is 91.8 Å². The molecule has 4 heteroatoms. The van der Waals surface area contributed by atoms with Gasteiger partial charge in [0.05, 0.1) is 6.61 Å². The zero-order chi connectivity index (χ0) is 11.4. The van der Waals surface area contributed by atoms with Crippen LogP contribution in [0.1, 0.15) is 27.2 Å². The number of carbonyl (C=O) groups excluding carboxylic acids is 1. The molecule has 1 rings (SSSR count). The van der Waals surface area contributed by atoms with Crippen molar-refractivity contribution >= 4 is 6.09 Å². The predicted molar refractivity (Wildman–Crippen MR) is 59.5 cm³/mol. The van der Waals surface area contributed by atoms with Crippen molar-refractivity contribution in [3.8, 4) is 0 Å². The lowest BCUT2D eigenvalue weighted by atomic mass is 9.95. The standard InChI is InChI=1S/C11H22N2O2/c1-8(2)7-15-11(14)13-5-4-9(3)10(12)6-13/h8-10H,4-7,12H2,1-3H3. The summed E-state index contributed by atoms with van der Waals surface area (Å²) in [7, 11) is 0. The molecule has 0 aromatic carbocycles. The topological polar surface area (TPSA) is 55.6 Å². The Morgan fingerprint density at radius 2 is 2.27 bits per heavy atom. The van der Waals surface area contributed by atoms with E-state index in [2.05, 4.69) is 6.92 Å². The Morgan fingerprint density at radius 1 is 1.60 bits per heavy atom. The summed E-state index contributed by atoms with van der Waals surface area (Å²) >= 11 is 0. The van der Waals surface area contributed by atoms with Crippen LogP contribution in [0, 0.1) is 11.8 Å². The quantitative estimate of drug-likeness (QED) is 0.757. The summed E-state index contributed by atoms with van der Waals surface area (Å²) in [5.74, 6) is 0.880. The lowest BCUT2D eigenvalue weighted by Gasteiger charge is -2.34. The zero-order valence-electron chi connectivity index (χ0n) is 9.90. The number of piperidine rings is 1. The highest BCUT2D eigenvalue weighted by atomic mass is 16.6. The molecule has 1 heterocycles. The minimum absolute atomic E-state index is 0.0883. The van der Waals surface area contributed by atoms with Crippen LogP contribution in [0.15, 0.2) is 0 Å². The highest BCUT2D eigenvalue weighted by Crippen LogP contribution is 2.16. The molecule has 1 aliphatic heterocycles. The second-order valence-corrected chi connectivity index (χ2v) is 4.85. The van der Waals surface area contributed by atoms with Gasteiger partial charge in [-0.2, -0.15) is 0 Å². The molecule has 0 spiro atoms. The Balaban J connectivity index is 2.34. The van der Waals surface area contributed by atoms with Crippen LogP contribution in [0.2, 0.25) is 0 Å². The summed E-state index contributed by atoms with van der Waals surface area (Å²) in [4.78, 5) is 13.3. The van der Waals surface area contributed by atoms with Gasteiger partial charge in [0.1, 0.15) is 0 Å². The second-order valence-electron chi connectivity index (χ2n) is 4.85. The molecule has 2 unspecified atom stereocenters. The van der Waals surface area contributed by atoms with E-state index in [-0.39, 0.29) is 12.1 Å². The van der Waals surface area contributed by atoms with Gasteiger partial charge in [0.15, 0.2) is 0 Å². The van der Waals surface area contributed by atoms with Crippen LogP contribution >= 0.6 is 0 Å². The molecule has 0 aromatic rings. The first-order valence-corrected chi connectivity index (χ1v) is 5.68. The second kappa shape index (κ2) is 5.35. The maximum atomic E-state index is 11.6. The molecule has 0 saturated carbocycles. The van der Waals surface area contributed by atoms with Gasteiger partial charge >= 0.3 is 6.09 Å². The molecule has 15 heavy (non-hydrogen) atoms. The third-order valence-corrected chi connectivity index (χ3v) is 2.81. The van der Waals surface area contributed by atoms with E-state index in [0.29, 0.717) is 25.0 Å². The molecule has 0 aliphatic carbocycles. The maximum Gasteiger partial charge on any atom is 0.409 e. The first-order chi connectivity index (χ1) is 7.00. The first-order valence-electron chi connectivity index (χ1n) is 5.68. The van der Waals surface area contributed by atoms with Gasteiger partial charge < -0.3 is 15.4 Å². The van der Waals surface area contributed by atoms with Crippen LogP contribution in [-0.4, -0.2) is 36.7 Å². The lowest BCUT2D eigenvalue weighted by molar-refractivity contribution is 0.0757. The van der Waals surface area contributed by atoms with E-state index in [0.717, 1.165) is 13.0 Å². The molecule has 2 N–H and O–H groups in total. The van der Waals surface area contributed by atoms with Crippen molar-refractivity contribution in [1.29, 1.82) is 0 Å². The van der Waals surface area contributed by atoms with Gasteiger partial charge in [-0.3, -0.25) is 0 Å². The number of carbonyl (C=O) groups is 1. The third-order valence-electron chi connectivity index (χ3n) is 2.81. The molecule has 2 atom stereocenters. The molecule has 1 amide bonds. The minimum Gasteiger partial charge on any atom is -0.449 e. The van der Waals surface area contributed by atoms with Crippen molar-refractivity contribution in [1.82, 2.24) is 4.90 Å². The molecule has 0 radical (unpaired) electrons. The van der Waals surface area contributed by atoms with Crippen molar-refractivity contribution in [3.05, 3.63) is 0 Å². The number of amides is 1. The smallest absolute Gasteiger partial charge is 0.409 e. The zero-order valence-corrected chi connectivity index (χ0v) is 9.90. The Bertz CT molecular complexity index is 219. The number of nitrogens with two attached hydrogens (primary N) is 1. The van der Waals surface area contributed by atoms with Gasteiger partial charge in [0.25, 0.3) is 0 Å². The third kappa shape index (κ3) is 3.70. The van der Waals surface area contributed by atoms with Crippen molar-refractivity contribution in [2.24, 2.45) is 17.6 Å². The average molecular weight is 214 g/mol. The number of hydrogen-bond acceptors (Lipinski definition) is 3. The number of rotatable bonds is 2. The normalized spacial score (nSPS) is 26.9. The lowest BCUT2D eigenvalue weighted by Crippen LogP contribution is -2.50. The Kier molecular flexibility index (Phi) is 4.39. The highest BCUT2D eigenvalue weighted by Gasteiger charge is 2.27. The maximum absolute atomic E-state index is 11.6. The summed E-state index contributed by atoms with van der Waals surface area (Å²) in [5.41, 5.74) is 5.91. The number of ether oxygens (including phenoxy) is 1. The van der Waals surface area contributed by atoms with E-state index >= 15 is 0 Å². The van der Waals surface area contributed by atoms with Crippen LogP contribution in [0.25, 0.3) is 0 Å². The van der Waals surface area contributed by atoms with E-state index < -0.39 is 0 Å². The van der Waals surface area contributed by atoms with E-state index in [9.17, 15) is 4.79 Å². The predicted octanol–water partition coefficient (Wildman–Crippen LogP) is 1.45. The number of likely N-dealkylation sites (tertiary alicyclic amines) is 1. The Hall–Kier alpha value is -0.770. The molecular formula is C11H22N2O2. The Morgan fingerprint density at radius 3 is 2.80 bits per heavy atom. The van der Waals surface area contributed by atoms with Gasteiger partial charge in [-0.15, -0.1) is 0 Å². The van der Waals surface area contributed by atoms with Crippen molar-refractivity contribution < 1.29 is 9.53 Å². The van der Waals surface area contributed by atoms with Gasteiger partial charge in [-0.25, -0.2) is 4.79 Å². The number of nitrogens with zero attached hydrogens (tertiary/aromatic N) is 1. The highest BCUT2D eigenvalue weighted by molar-refractivity contribution is 5.67. The molecule has 88 valence electrons. The van der Waals surface area contributed by atoms with Crippen LogP contribution < -0.4 is 5.73 Å². The monoisotopic (exact) mass is 214 g/mol. The van der Waals surface area contributed by atoms with Crippen molar-refractivity contribution in [2.45, 2.75) is 33.2 Å². The van der Waals surface area contributed by atoms with Crippen LogP contribution in [-0.2, 0) is 4.74 Å². The van der Waals surface area contributed by atoms with Crippen molar-refractivity contribution in [3.63, 3.8) is 0 Å². The molecular weight excluding hydrogens is 192 g/mol. The summed E-state index contributed by atoms with van der Waals surface area (Å²) in [6.45, 7) is 8.06. The molecule has 1 fully saturated rings. The molecule has 4 nitrogen and oxygen atoms in total. The SMILES string of the molecule is CC(C)COC(=O)N1CCC(C)C(N)C1. The van der Waals surface area contributed by atoms with Crippen LogP contribution in [0.3, 0.4) is 0 Å². The molecule has 1 aliphatic rings. The fourth-order valence-corrected chi connectivity index (χ4v) is 1.59. The summed E-state index contributed by atoms with van der Waals surface area (Å²) in [6.07, 6.45) is 0.754. The van der Waals surface area contributed by atoms with E-state index in [1.54, 1.807) is 4.90 Å². The largest absolute Gasteiger partial charge is 0.449 e. The summed E-state index contributed by atoms with van der Waals surface area (Å²) in [6, 6.07) is 0.0883. The van der Waals surface area contributed by atoms with Gasteiger partial charge in [-0.1, -0.05) is 20.8 Å². The van der Waals surface area contributed by atoms with E-state index in [1.807, 2.05) is 13.8 Å². The first kappa shape index (κ1) is 12.3. The van der Waals surface area contributed by atoms with Crippen LogP contribution in [0.4, 0.5) is 4.79 Å². The fraction of sp³-hybridized carbons (Fsp3) is 0.909. The van der Waals surface area contributed by atoms with Gasteiger partial charge in [0, 0.05) is 19.1 Å². The van der Waals surface area contributed by atoms with Gasteiger partial charge in [-0.05, 0) is 18.3 Å². The summed E-state index contributed by atoms with van der Waals surface area (Å²) < 4.78 is 5.16. The molecule has 0 aromatic heterocycles. The summed E-state index contributed by atoms with van der Waals surface area (Å²) in [5, 5.41) is 0. The van der Waals surface area contributed by atoms with Gasteiger partial charge in [0.2, 0.25) is 0 Å². The fourth-order valence-electron chi connectivity index (χ4n) is 1.59. The molecule has 0 bridgehead atoms.